The summed E-state index contributed by atoms with van der Waals surface area (Å²) in [6.45, 7) is 3.03. The molecule has 0 radical (unpaired) electrons. The second kappa shape index (κ2) is 8.45. The Balaban J connectivity index is 0.00000242. The van der Waals surface area contributed by atoms with Crippen LogP contribution in [0.5, 0.6) is 11.5 Å². The maximum atomic E-state index is 5.98. The molecule has 1 fully saturated rings. The molecule has 0 bridgehead atoms. The van der Waals surface area contributed by atoms with Gasteiger partial charge in [0.15, 0.2) is 17.5 Å². The molecule has 3 N–H and O–H groups in total. The van der Waals surface area contributed by atoms with Crippen molar-refractivity contribution in [2.45, 2.75) is 32.6 Å². The largest absolute Gasteiger partial charge is 0.493 e. The standard InChI is InChI=1S/C16H25N3O2.HI/c1-4-16(8-5-9-16)11-18-15(17)19-12-6-7-13(20-2)14(10-12)21-3;/h6-7,10H,4-5,8-9,11H2,1-3H3,(H3,17,18,19);1H. The van der Waals surface area contributed by atoms with E-state index in [1.807, 2.05) is 18.2 Å². The van der Waals surface area contributed by atoms with Gasteiger partial charge in [-0.15, -0.1) is 24.0 Å². The van der Waals surface area contributed by atoms with Gasteiger partial charge in [0.25, 0.3) is 0 Å². The van der Waals surface area contributed by atoms with Gasteiger partial charge in [0, 0.05) is 18.3 Å². The number of halogens is 1. The van der Waals surface area contributed by atoms with E-state index in [0.717, 1.165) is 12.2 Å². The summed E-state index contributed by atoms with van der Waals surface area (Å²) >= 11 is 0. The van der Waals surface area contributed by atoms with E-state index in [1.54, 1.807) is 14.2 Å². The van der Waals surface area contributed by atoms with Crippen molar-refractivity contribution in [3.8, 4) is 11.5 Å². The van der Waals surface area contributed by atoms with Crippen molar-refractivity contribution in [1.82, 2.24) is 0 Å². The lowest BCUT2D eigenvalue weighted by Gasteiger charge is -2.40. The van der Waals surface area contributed by atoms with Crippen LogP contribution in [-0.2, 0) is 0 Å². The zero-order chi connectivity index (χ0) is 15.3. The van der Waals surface area contributed by atoms with Crippen molar-refractivity contribution in [3.05, 3.63) is 18.2 Å². The number of guanidine groups is 1. The first kappa shape index (κ1) is 18.9. The lowest BCUT2D eigenvalue weighted by atomic mass is 9.67. The van der Waals surface area contributed by atoms with E-state index in [1.165, 1.54) is 25.7 Å². The topological polar surface area (TPSA) is 68.9 Å². The molecule has 124 valence electrons. The van der Waals surface area contributed by atoms with E-state index in [9.17, 15) is 0 Å². The van der Waals surface area contributed by atoms with Crippen LogP contribution in [0.15, 0.2) is 23.2 Å². The fraction of sp³-hybridized carbons (Fsp3) is 0.562. The fourth-order valence-corrected chi connectivity index (χ4v) is 2.65. The summed E-state index contributed by atoms with van der Waals surface area (Å²) in [7, 11) is 3.23. The Kier molecular flexibility index (Phi) is 7.25. The van der Waals surface area contributed by atoms with Gasteiger partial charge in [-0.2, -0.15) is 0 Å². The molecule has 0 amide bonds. The summed E-state index contributed by atoms with van der Waals surface area (Å²) in [6.07, 6.45) is 5.00. The Morgan fingerprint density at radius 2 is 1.95 bits per heavy atom. The molecule has 1 aliphatic carbocycles. The Labute approximate surface area is 149 Å². The van der Waals surface area contributed by atoms with Crippen LogP contribution in [0.4, 0.5) is 5.69 Å². The number of ether oxygens (including phenoxy) is 2. The predicted molar refractivity (Wildman–Crippen MR) is 102 cm³/mol. The van der Waals surface area contributed by atoms with Crippen molar-refractivity contribution >= 4 is 35.6 Å². The van der Waals surface area contributed by atoms with Gasteiger partial charge in [-0.3, -0.25) is 4.99 Å². The highest BCUT2D eigenvalue weighted by atomic mass is 127. The molecule has 1 saturated carbocycles. The van der Waals surface area contributed by atoms with Gasteiger partial charge in [-0.25, -0.2) is 0 Å². The lowest BCUT2D eigenvalue weighted by molar-refractivity contribution is 0.139. The van der Waals surface area contributed by atoms with Gasteiger partial charge in [-0.05, 0) is 36.8 Å². The van der Waals surface area contributed by atoms with Crippen LogP contribution in [0.2, 0.25) is 0 Å². The van der Waals surface area contributed by atoms with Crippen molar-refractivity contribution in [2.24, 2.45) is 16.1 Å². The molecular formula is C16H26IN3O2. The Bertz CT molecular complexity index is 511. The molecule has 0 spiro atoms. The number of rotatable bonds is 6. The van der Waals surface area contributed by atoms with Crippen LogP contribution in [-0.4, -0.2) is 26.7 Å². The second-order valence-corrected chi connectivity index (χ2v) is 5.60. The zero-order valence-electron chi connectivity index (χ0n) is 13.5. The number of benzene rings is 1. The molecule has 1 aromatic rings. The number of nitrogens with zero attached hydrogens (tertiary/aromatic N) is 1. The van der Waals surface area contributed by atoms with Gasteiger partial charge < -0.3 is 20.5 Å². The van der Waals surface area contributed by atoms with E-state index >= 15 is 0 Å². The van der Waals surface area contributed by atoms with E-state index < -0.39 is 0 Å². The number of nitrogens with two attached hydrogens (primary N) is 1. The first-order valence-corrected chi connectivity index (χ1v) is 7.41. The third-order valence-electron chi connectivity index (χ3n) is 4.40. The predicted octanol–water partition coefficient (Wildman–Crippen LogP) is 3.63. The van der Waals surface area contributed by atoms with E-state index in [0.29, 0.717) is 22.9 Å². The molecule has 0 saturated heterocycles. The summed E-state index contributed by atoms with van der Waals surface area (Å²) in [5, 5.41) is 3.10. The first-order chi connectivity index (χ1) is 10.1. The number of anilines is 1. The number of hydrogen-bond donors (Lipinski definition) is 2. The number of aliphatic imine (C=N–C) groups is 1. The lowest BCUT2D eigenvalue weighted by Crippen LogP contribution is -2.33. The molecule has 5 nitrogen and oxygen atoms in total. The maximum absolute atomic E-state index is 5.98. The monoisotopic (exact) mass is 419 g/mol. The van der Waals surface area contributed by atoms with Crippen molar-refractivity contribution in [3.63, 3.8) is 0 Å². The highest BCUT2D eigenvalue weighted by Crippen LogP contribution is 2.43. The molecule has 1 aliphatic rings. The molecule has 1 aromatic carbocycles. The molecule has 0 aliphatic heterocycles. The average molecular weight is 419 g/mol. The van der Waals surface area contributed by atoms with Crippen molar-refractivity contribution < 1.29 is 9.47 Å². The molecule has 6 heteroatoms. The highest BCUT2D eigenvalue weighted by molar-refractivity contribution is 14.0. The molecule has 22 heavy (non-hydrogen) atoms. The minimum Gasteiger partial charge on any atom is -0.493 e. The molecular weight excluding hydrogens is 393 g/mol. The summed E-state index contributed by atoms with van der Waals surface area (Å²) in [5.74, 6) is 1.80. The normalized spacial score (nSPS) is 16.2. The Morgan fingerprint density at radius 1 is 1.27 bits per heavy atom. The maximum Gasteiger partial charge on any atom is 0.193 e. The zero-order valence-corrected chi connectivity index (χ0v) is 15.8. The highest BCUT2D eigenvalue weighted by Gasteiger charge is 2.34. The first-order valence-electron chi connectivity index (χ1n) is 7.41. The van der Waals surface area contributed by atoms with Crippen molar-refractivity contribution in [1.29, 1.82) is 0 Å². The van der Waals surface area contributed by atoms with E-state index in [-0.39, 0.29) is 24.0 Å². The van der Waals surface area contributed by atoms with Crippen LogP contribution >= 0.6 is 24.0 Å². The number of methoxy groups -OCH3 is 2. The van der Waals surface area contributed by atoms with Crippen LogP contribution in [0.3, 0.4) is 0 Å². The quantitative estimate of drug-likeness (QED) is 0.420. The number of hydrogen-bond acceptors (Lipinski definition) is 3. The molecule has 0 heterocycles. The molecule has 0 unspecified atom stereocenters. The SMILES string of the molecule is CCC1(CN=C(N)Nc2ccc(OC)c(OC)c2)CCC1.I. The number of nitrogens with one attached hydrogen (secondary N) is 1. The summed E-state index contributed by atoms with van der Waals surface area (Å²) < 4.78 is 10.5. The summed E-state index contributed by atoms with van der Waals surface area (Å²) in [4.78, 5) is 4.49. The van der Waals surface area contributed by atoms with Crippen LogP contribution < -0.4 is 20.5 Å². The third kappa shape index (κ3) is 4.41. The van der Waals surface area contributed by atoms with E-state index in [4.69, 9.17) is 15.2 Å². The van der Waals surface area contributed by atoms with E-state index in [2.05, 4.69) is 17.2 Å². The van der Waals surface area contributed by atoms with Crippen molar-refractivity contribution in [2.75, 3.05) is 26.1 Å². The second-order valence-electron chi connectivity index (χ2n) is 5.60. The third-order valence-corrected chi connectivity index (χ3v) is 4.40. The van der Waals surface area contributed by atoms with Crippen LogP contribution in [0.1, 0.15) is 32.6 Å². The summed E-state index contributed by atoms with van der Waals surface area (Å²) in [6, 6.07) is 5.58. The minimum atomic E-state index is 0. The summed E-state index contributed by atoms with van der Waals surface area (Å²) in [5.41, 5.74) is 7.19. The van der Waals surface area contributed by atoms with Gasteiger partial charge >= 0.3 is 0 Å². The fourth-order valence-electron chi connectivity index (χ4n) is 2.65. The molecule has 2 rings (SSSR count). The van der Waals surface area contributed by atoms with Gasteiger partial charge in [-0.1, -0.05) is 13.3 Å². The van der Waals surface area contributed by atoms with Crippen LogP contribution in [0, 0.1) is 5.41 Å². The molecule has 0 aromatic heterocycles. The average Bonchev–Trinajstić information content (AvgIpc) is 2.46. The van der Waals surface area contributed by atoms with Gasteiger partial charge in [0.05, 0.1) is 14.2 Å². The Morgan fingerprint density at radius 3 is 2.45 bits per heavy atom. The smallest absolute Gasteiger partial charge is 0.193 e. The Hall–Kier alpha value is -1.18. The van der Waals surface area contributed by atoms with Gasteiger partial charge in [0.2, 0.25) is 0 Å². The minimum absolute atomic E-state index is 0. The van der Waals surface area contributed by atoms with Gasteiger partial charge in [0.1, 0.15) is 0 Å². The molecule has 0 atom stereocenters. The van der Waals surface area contributed by atoms with Crippen LogP contribution in [0.25, 0.3) is 0 Å².